The number of aromatic nitrogens is 2. The second-order valence-electron chi connectivity index (χ2n) is 5.08. The second kappa shape index (κ2) is 5.66. The smallest absolute Gasteiger partial charge is 0.0786 e. The molecule has 108 valence electrons. The topological polar surface area (TPSA) is 32.6 Å². The van der Waals surface area contributed by atoms with Crippen LogP contribution in [0, 0.1) is 0 Å². The van der Waals surface area contributed by atoms with E-state index in [-0.39, 0.29) is 0 Å². The largest absolute Gasteiger partial charge is 0.379 e. The molecule has 1 aromatic carbocycles. The maximum atomic E-state index is 6.28. The number of halogens is 1. The standard InChI is InChI=1S/C16H17ClN4/c1-20(2)16-13(17)6-5-7-14(16)18-10-12-11-19-21-9-4-3-8-15(12)21/h3-9,11,18H,10H2,1-2H3. The van der Waals surface area contributed by atoms with Crippen LogP contribution in [-0.2, 0) is 6.54 Å². The highest BCUT2D eigenvalue weighted by molar-refractivity contribution is 6.34. The zero-order chi connectivity index (χ0) is 14.8. The highest BCUT2D eigenvalue weighted by atomic mass is 35.5. The van der Waals surface area contributed by atoms with Crippen molar-refractivity contribution >= 4 is 28.5 Å². The molecule has 2 heterocycles. The summed E-state index contributed by atoms with van der Waals surface area (Å²) >= 11 is 6.28. The maximum absolute atomic E-state index is 6.28. The molecule has 0 atom stereocenters. The van der Waals surface area contributed by atoms with Gasteiger partial charge in [-0.05, 0) is 24.3 Å². The maximum Gasteiger partial charge on any atom is 0.0786 e. The average Bonchev–Trinajstić information content (AvgIpc) is 2.88. The monoisotopic (exact) mass is 300 g/mol. The van der Waals surface area contributed by atoms with Gasteiger partial charge >= 0.3 is 0 Å². The zero-order valence-electron chi connectivity index (χ0n) is 12.0. The fourth-order valence-corrected chi connectivity index (χ4v) is 2.77. The van der Waals surface area contributed by atoms with E-state index in [1.807, 2.05) is 66.2 Å². The Kier molecular flexibility index (Phi) is 3.71. The van der Waals surface area contributed by atoms with Gasteiger partial charge in [-0.3, -0.25) is 0 Å². The lowest BCUT2D eigenvalue weighted by Gasteiger charge is -2.19. The molecule has 0 aliphatic heterocycles. The van der Waals surface area contributed by atoms with Gasteiger partial charge in [-0.2, -0.15) is 5.10 Å². The first-order valence-corrected chi connectivity index (χ1v) is 7.15. The molecule has 0 aliphatic carbocycles. The molecule has 5 heteroatoms. The predicted molar refractivity (Wildman–Crippen MR) is 88.3 cm³/mol. The van der Waals surface area contributed by atoms with E-state index >= 15 is 0 Å². The Bertz CT molecular complexity index is 764. The summed E-state index contributed by atoms with van der Waals surface area (Å²) in [4.78, 5) is 2.01. The summed E-state index contributed by atoms with van der Waals surface area (Å²) < 4.78 is 1.88. The van der Waals surface area contributed by atoms with Crippen LogP contribution < -0.4 is 10.2 Å². The minimum absolute atomic E-state index is 0.703. The number of rotatable bonds is 4. The number of para-hydroxylation sites is 1. The first kappa shape index (κ1) is 13.8. The number of nitrogens with zero attached hydrogens (tertiary/aromatic N) is 3. The third kappa shape index (κ3) is 2.67. The van der Waals surface area contributed by atoms with Crippen molar-refractivity contribution in [3.8, 4) is 0 Å². The van der Waals surface area contributed by atoms with Crippen LogP contribution in [0.1, 0.15) is 5.56 Å². The van der Waals surface area contributed by atoms with E-state index < -0.39 is 0 Å². The van der Waals surface area contributed by atoms with Crippen LogP contribution in [0.2, 0.25) is 5.02 Å². The summed E-state index contributed by atoms with van der Waals surface area (Å²) in [6, 6.07) is 11.9. The number of hydrogen-bond donors (Lipinski definition) is 1. The predicted octanol–water partition coefficient (Wildman–Crippen LogP) is 3.67. The Balaban J connectivity index is 1.87. The molecule has 0 saturated heterocycles. The van der Waals surface area contributed by atoms with E-state index in [1.165, 1.54) is 0 Å². The van der Waals surface area contributed by atoms with Crippen LogP contribution in [-0.4, -0.2) is 23.7 Å². The van der Waals surface area contributed by atoms with E-state index in [0.717, 1.165) is 27.5 Å². The van der Waals surface area contributed by atoms with Crippen LogP contribution in [0.5, 0.6) is 0 Å². The van der Waals surface area contributed by atoms with E-state index in [0.29, 0.717) is 6.54 Å². The van der Waals surface area contributed by atoms with Crippen molar-refractivity contribution in [2.75, 3.05) is 24.3 Å². The SMILES string of the molecule is CN(C)c1c(Cl)cccc1NCc1cnn2ccccc12. The normalized spacial score (nSPS) is 10.8. The van der Waals surface area contributed by atoms with Crippen molar-refractivity contribution in [1.82, 2.24) is 9.61 Å². The number of nitrogens with one attached hydrogen (secondary N) is 1. The minimum Gasteiger partial charge on any atom is -0.379 e. The van der Waals surface area contributed by atoms with Gasteiger partial charge in [0.2, 0.25) is 0 Å². The molecule has 0 amide bonds. The van der Waals surface area contributed by atoms with Gasteiger partial charge in [-0.25, -0.2) is 4.52 Å². The average molecular weight is 301 g/mol. The van der Waals surface area contributed by atoms with E-state index in [2.05, 4.69) is 16.5 Å². The van der Waals surface area contributed by atoms with Gasteiger partial charge in [-0.1, -0.05) is 23.7 Å². The Hall–Kier alpha value is -2.20. The van der Waals surface area contributed by atoms with Crippen molar-refractivity contribution in [2.24, 2.45) is 0 Å². The van der Waals surface area contributed by atoms with Gasteiger partial charge in [0.25, 0.3) is 0 Å². The van der Waals surface area contributed by atoms with Crippen molar-refractivity contribution in [3.05, 3.63) is 59.4 Å². The van der Waals surface area contributed by atoms with Crippen LogP contribution in [0.3, 0.4) is 0 Å². The Morgan fingerprint density at radius 2 is 2.05 bits per heavy atom. The number of hydrogen-bond acceptors (Lipinski definition) is 3. The fraction of sp³-hybridized carbons (Fsp3) is 0.188. The van der Waals surface area contributed by atoms with Gasteiger partial charge < -0.3 is 10.2 Å². The molecule has 4 nitrogen and oxygen atoms in total. The molecule has 21 heavy (non-hydrogen) atoms. The second-order valence-corrected chi connectivity index (χ2v) is 5.49. The summed E-state index contributed by atoms with van der Waals surface area (Å²) in [6.07, 6.45) is 3.84. The molecule has 2 aromatic heterocycles. The zero-order valence-corrected chi connectivity index (χ0v) is 12.8. The van der Waals surface area contributed by atoms with Crippen LogP contribution in [0.4, 0.5) is 11.4 Å². The molecular weight excluding hydrogens is 284 g/mol. The molecule has 0 spiro atoms. The van der Waals surface area contributed by atoms with E-state index in [9.17, 15) is 0 Å². The van der Waals surface area contributed by atoms with E-state index in [4.69, 9.17) is 11.6 Å². The van der Waals surface area contributed by atoms with Gasteiger partial charge in [0.05, 0.1) is 28.1 Å². The number of pyridine rings is 1. The number of anilines is 2. The van der Waals surface area contributed by atoms with Crippen molar-refractivity contribution in [2.45, 2.75) is 6.54 Å². The minimum atomic E-state index is 0.703. The summed E-state index contributed by atoms with van der Waals surface area (Å²) in [7, 11) is 3.98. The Morgan fingerprint density at radius 3 is 2.86 bits per heavy atom. The summed E-state index contributed by atoms with van der Waals surface area (Å²) in [5.41, 5.74) is 4.28. The third-order valence-electron chi connectivity index (χ3n) is 3.41. The molecule has 3 rings (SSSR count). The van der Waals surface area contributed by atoms with Crippen LogP contribution in [0.15, 0.2) is 48.8 Å². The highest BCUT2D eigenvalue weighted by Crippen LogP contribution is 2.32. The molecule has 0 saturated carbocycles. The number of fused-ring (bicyclic) bond motifs is 1. The fourth-order valence-electron chi connectivity index (χ4n) is 2.43. The Labute approximate surface area is 129 Å². The van der Waals surface area contributed by atoms with E-state index in [1.54, 1.807) is 0 Å². The molecule has 0 aliphatic rings. The lowest BCUT2D eigenvalue weighted by atomic mass is 10.2. The number of benzene rings is 1. The summed E-state index contributed by atoms with van der Waals surface area (Å²) in [6.45, 7) is 0.703. The first-order valence-electron chi connectivity index (χ1n) is 6.78. The summed E-state index contributed by atoms with van der Waals surface area (Å²) in [5, 5.41) is 8.54. The van der Waals surface area contributed by atoms with Crippen LogP contribution >= 0.6 is 11.6 Å². The van der Waals surface area contributed by atoms with Gasteiger partial charge in [0.15, 0.2) is 0 Å². The Morgan fingerprint density at radius 1 is 1.19 bits per heavy atom. The van der Waals surface area contributed by atoms with Gasteiger partial charge in [-0.15, -0.1) is 0 Å². The molecule has 0 fully saturated rings. The van der Waals surface area contributed by atoms with Crippen molar-refractivity contribution in [3.63, 3.8) is 0 Å². The lowest BCUT2D eigenvalue weighted by Crippen LogP contribution is -2.12. The highest BCUT2D eigenvalue weighted by Gasteiger charge is 2.10. The summed E-state index contributed by atoms with van der Waals surface area (Å²) in [5.74, 6) is 0. The van der Waals surface area contributed by atoms with Crippen molar-refractivity contribution < 1.29 is 0 Å². The molecule has 0 bridgehead atoms. The lowest BCUT2D eigenvalue weighted by molar-refractivity contribution is 0.961. The molecule has 1 N–H and O–H groups in total. The van der Waals surface area contributed by atoms with Crippen LogP contribution in [0.25, 0.3) is 5.52 Å². The first-order chi connectivity index (χ1) is 10.2. The third-order valence-corrected chi connectivity index (χ3v) is 3.71. The molecular formula is C16H17ClN4. The quantitative estimate of drug-likeness (QED) is 0.798. The molecule has 0 unspecified atom stereocenters. The van der Waals surface area contributed by atoms with Gasteiger partial charge in [0, 0.05) is 32.4 Å². The van der Waals surface area contributed by atoms with Gasteiger partial charge in [0.1, 0.15) is 0 Å². The molecule has 0 radical (unpaired) electrons. The molecule has 3 aromatic rings. The van der Waals surface area contributed by atoms with Crippen molar-refractivity contribution in [1.29, 1.82) is 0 Å².